The lowest BCUT2D eigenvalue weighted by Gasteiger charge is -2.12. The lowest BCUT2D eigenvalue weighted by atomic mass is 10.0. The molecule has 0 bridgehead atoms. The van der Waals surface area contributed by atoms with Gasteiger partial charge < -0.3 is 5.32 Å². The van der Waals surface area contributed by atoms with E-state index >= 15 is 0 Å². The average molecular weight is 496 g/mol. The van der Waals surface area contributed by atoms with Gasteiger partial charge in [-0.15, -0.1) is 0 Å². The van der Waals surface area contributed by atoms with Gasteiger partial charge in [0.1, 0.15) is 4.88 Å². The van der Waals surface area contributed by atoms with E-state index in [0.717, 1.165) is 37.5 Å². The van der Waals surface area contributed by atoms with Crippen molar-refractivity contribution >= 4 is 38.0 Å². The molecule has 1 aromatic heterocycles. The van der Waals surface area contributed by atoms with Gasteiger partial charge >= 0.3 is 4.87 Å². The molecule has 0 fully saturated rings. The Morgan fingerprint density at radius 3 is 2.38 bits per heavy atom. The summed E-state index contributed by atoms with van der Waals surface area (Å²) in [5, 5.41) is 5.11. The molecule has 0 aliphatic rings. The van der Waals surface area contributed by atoms with Gasteiger partial charge in [-0.05, 0) is 41.0 Å². The first kappa shape index (κ1) is 23.9. The van der Waals surface area contributed by atoms with Crippen molar-refractivity contribution in [3.8, 4) is 0 Å². The SMILES string of the molecule is Cc1c(C(=O)NCc2cccc3ccccc23)sc(=O)n1Cc1ccc(S(=O)(=O)N(C)C)cc1. The van der Waals surface area contributed by atoms with E-state index in [4.69, 9.17) is 0 Å². The Hall–Kier alpha value is -3.27. The standard InChI is InChI=1S/C25H25N3O4S2/c1-17-23(24(29)26-15-20-9-6-8-19-7-4-5-10-22(19)20)33-25(30)28(17)16-18-11-13-21(14-12-18)34(31,32)27(2)3/h4-14H,15-16H2,1-3H3,(H,26,29). The predicted molar refractivity (Wildman–Crippen MR) is 135 cm³/mol. The summed E-state index contributed by atoms with van der Waals surface area (Å²) in [6.45, 7) is 2.35. The quantitative estimate of drug-likeness (QED) is 0.424. The Bertz CT molecular complexity index is 1510. The van der Waals surface area contributed by atoms with Gasteiger partial charge in [-0.3, -0.25) is 14.2 Å². The van der Waals surface area contributed by atoms with Crippen LogP contribution in [0.5, 0.6) is 0 Å². The highest BCUT2D eigenvalue weighted by atomic mass is 32.2. The summed E-state index contributed by atoms with van der Waals surface area (Å²) >= 11 is 0.911. The van der Waals surface area contributed by atoms with Gasteiger partial charge in [-0.2, -0.15) is 0 Å². The Morgan fingerprint density at radius 1 is 1.00 bits per heavy atom. The zero-order valence-corrected chi connectivity index (χ0v) is 20.7. The second-order valence-corrected chi connectivity index (χ2v) is 11.2. The first-order valence-electron chi connectivity index (χ1n) is 10.6. The summed E-state index contributed by atoms with van der Waals surface area (Å²) in [7, 11) is -0.566. The van der Waals surface area contributed by atoms with Crippen molar-refractivity contribution in [2.45, 2.75) is 24.9 Å². The summed E-state index contributed by atoms with van der Waals surface area (Å²) in [6, 6.07) is 20.4. The summed E-state index contributed by atoms with van der Waals surface area (Å²) < 4.78 is 27.2. The summed E-state index contributed by atoms with van der Waals surface area (Å²) in [5.41, 5.74) is 2.35. The summed E-state index contributed by atoms with van der Waals surface area (Å²) in [4.78, 5) is 25.8. The minimum atomic E-state index is -3.52. The topological polar surface area (TPSA) is 88.5 Å². The van der Waals surface area contributed by atoms with Gasteiger partial charge in [-0.25, -0.2) is 12.7 Å². The lowest BCUT2D eigenvalue weighted by molar-refractivity contribution is 0.0954. The normalized spacial score (nSPS) is 11.8. The number of thiazole rings is 1. The van der Waals surface area contributed by atoms with Crippen LogP contribution in [0.25, 0.3) is 10.8 Å². The monoisotopic (exact) mass is 495 g/mol. The number of rotatable bonds is 7. The smallest absolute Gasteiger partial charge is 0.308 e. The number of nitrogens with one attached hydrogen (secondary N) is 1. The molecule has 1 N–H and O–H groups in total. The summed E-state index contributed by atoms with van der Waals surface area (Å²) in [6.07, 6.45) is 0. The number of amides is 1. The highest BCUT2D eigenvalue weighted by molar-refractivity contribution is 7.89. The number of fused-ring (bicyclic) bond motifs is 1. The Morgan fingerprint density at radius 2 is 1.68 bits per heavy atom. The van der Waals surface area contributed by atoms with E-state index in [9.17, 15) is 18.0 Å². The summed E-state index contributed by atoms with van der Waals surface area (Å²) in [5.74, 6) is -0.293. The van der Waals surface area contributed by atoms with E-state index in [-0.39, 0.29) is 22.2 Å². The van der Waals surface area contributed by atoms with E-state index in [1.807, 2.05) is 42.5 Å². The second-order valence-electron chi connectivity index (χ2n) is 8.12. The maximum atomic E-state index is 12.9. The number of sulfonamides is 1. The maximum Gasteiger partial charge on any atom is 0.308 e. The van der Waals surface area contributed by atoms with Crippen LogP contribution in [0.4, 0.5) is 0 Å². The van der Waals surface area contributed by atoms with Crippen LogP contribution in [0, 0.1) is 6.92 Å². The van der Waals surface area contributed by atoms with Crippen LogP contribution in [0.15, 0.2) is 76.4 Å². The maximum absolute atomic E-state index is 12.9. The van der Waals surface area contributed by atoms with Crippen LogP contribution >= 0.6 is 11.3 Å². The highest BCUT2D eigenvalue weighted by Crippen LogP contribution is 2.20. The van der Waals surface area contributed by atoms with Crippen LogP contribution in [0.2, 0.25) is 0 Å². The third-order valence-corrected chi connectivity index (χ3v) is 8.62. The van der Waals surface area contributed by atoms with Crippen LogP contribution < -0.4 is 10.2 Å². The van der Waals surface area contributed by atoms with Crippen LogP contribution in [-0.2, 0) is 23.1 Å². The molecule has 0 radical (unpaired) electrons. The molecule has 0 saturated carbocycles. The van der Waals surface area contributed by atoms with Crippen molar-refractivity contribution < 1.29 is 13.2 Å². The molecule has 0 unspecified atom stereocenters. The molecule has 9 heteroatoms. The first-order chi connectivity index (χ1) is 16.2. The van der Waals surface area contributed by atoms with Crippen molar-refractivity contribution in [1.29, 1.82) is 0 Å². The fourth-order valence-electron chi connectivity index (χ4n) is 3.73. The third kappa shape index (κ3) is 4.68. The molecule has 0 spiro atoms. The van der Waals surface area contributed by atoms with Gasteiger partial charge in [0, 0.05) is 26.3 Å². The molecular weight excluding hydrogens is 470 g/mol. The zero-order chi connectivity index (χ0) is 24.5. The molecule has 3 aromatic carbocycles. The van der Waals surface area contributed by atoms with Gasteiger partial charge in [0.05, 0.1) is 11.4 Å². The molecule has 0 saturated heterocycles. The fraction of sp³-hybridized carbons (Fsp3) is 0.200. The Labute approximate surface area is 202 Å². The largest absolute Gasteiger partial charge is 0.347 e. The van der Waals surface area contributed by atoms with Gasteiger partial charge in [-0.1, -0.05) is 65.9 Å². The number of nitrogens with zero attached hydrogens (tertiary/aromatic N) is 2. The van der Waals surface area contributed by atoms with Crippen molar-refractivity contribution in [3.05, 3.63) is 98.1 Å². The lowest BCUT2D eigenvalue weighted by Crippen LogP contribution is -2.23. The number of carbonyl (C=O) groups is 1. The molecule has 0 aliphatic carbocycles. The highest BCUT2D eigenvalue weighted by Gasteiger charge is 2.19. The molecule has 0 aliphatic heterocycles. The van der Waals surface area contributed by atoms with E-state index in [0.29, 0.717) is 17.1 Å². The number of aromatic nitrogens is 1. The van der Waals surface area contributed by atoms with E-state index in [1.165, 1.54) is 30.8 Å². The van der Waals surface area contributed by atoms with Gasteiger partial charge in [0.15, 0.2) is 0 Å². The number of hydrogen-bond donors (Lipinski definition) is 1. The predicted octanol–water partition coefficient (Wildman–Crippen LogP) is 3.60. The van der Waals surface area contributed by atoms with E-state index < -0.39 is 10.0 Å². The van der Waals surface area contributed by atoms with Crippen molar-refractivity contribution in [2.75, 3.05) is 14.1 Å². The molecule has 7 nitrogen and oxygen atoms in total. The number of carbonyl (C=O) groups excluding carboxylic acids is 1. The van der Waals surface area contributed by atoms with Gasteiger partial charge in [0.2, 0.25) is 10.0 Å². The Balaban J connectivity index is 1.51. The molecule has 176 valence electrons. The molecule has 1 amide bonds. The first-order valence-corrected chi connectivity index (χ1v) is 12.9. The zero-order valence-electron chi connectivity index (χ0n) is 19.1. The molecule has 1 heterocycles. The minimum absolute atomic E-state index is 0.184. The molecule has 4 rings (SSSR count). The van der Waals surface area contributed by atoms with E-state index in [2.05, 4.69) is 5.32 Å². The van der Waals surface area contributed by atoms with Gasteiger partial charge in [0.25, 0.3) is 5.91 Å². The molecular formula is C25H25N3O4S2. The van der Waals surface area contributed by atoms with Crippen molar-refractivity contribution in [1.82, 2.24) is 14.2 Å². The fourth-order valence-corrected chi connectivity index (χ4v) is 5.54. The average Bonchev–Trinajstić information content (AvgIpc) is 3.11. The van der Waals surface area contributed by atoms with Crippen molar-refractivity contribution in [2.24, 2.45) is 0 Å². The van der Waals surface area contributed by atoms with Crippen LogP contribution in [-0.4, -0.2) is 37.3 Å². The molecule has 4 aromatic rings. The van der Waals surface area contributed by atoms with Crippen molar-refractivity contribution in [3.63, 3.8) is 0 Å². The molecule has 34 heavy (non-hydrogen) atoms. The van der Waals surface area contributed by atoms with Crippen LogP contribution in [0.3, 0.4) is 0 Å². The Kier molecular flexibility index (Phi) is 6.70. The van der Waals surface area contributed by atoms with E-state index in [1.54, 1.807) is 19.1 Å². The number of benzene rings is 3. The van der Waals surface area contributed by atoms with Crippen LogP contribution in [0.1, 0.15) is 26.5 Å². The third-order valence-electron chi connectivity index (χ3n) is 5.71. The number of hydrogen-bond acceptors (Lipinski definition) is 5. The minimum Gasteiger partial charge on any atom is -0.347 e. The second kappa shape index (κ2) is 9.54. The molecule has 0 atom stereocenters.